The Labute approximate surface area is 91.5 Å². The van der Waals surface area contributed by atoms with E-state index in [1.807, 2.05) is 0 Å². The van der Waals surface area contributed by atoms with E-state index in [1.54, 1.807) is 11.3 Å². The molecule has 0 amide bonds. The van der Waals surface area contributed by atoms with Crippen LogP contribution in [0.2, 0.25) is 0 Å². The number of hydrogen-bond acceptors (Lipinski definition) is 2. The van der Waals surface area contributed by atoms with Crippen molar-refractivity contribution in [3.05, 3.63) is 22.4 Å². The van der Waals surface area contributed by atoms with Crippen molar-refractivity contribution in [3.8, 4) is 0 Å². The highest BCUT2D eigenvalue weighted by molar-refractivity contribution is 7.07. The van der Waals surface area contributed by atoms with Gasteiger partial charge in [0.15, 0.2) is 0 Å². The van der Waals surface area contributed by atoms with Crippen molar-refractivity contribution in [2.75, 3.05) is 13.1 Å². The van der Waals surface area contributed by atoms with Gasteiger partial charge in [-0.3, -0.25) is 0 Å². The molecule has 14 heavy (non-hydrogen) atoms. The molecule has 0 aromatic carbocycles. The molecule has 1 heterocycles. The van der Waals surface area contributed by atoms with E-state index in [4.69, 9.17) is 0 Å². The third kappa shape index (κ3) is 3.81. The smallest absolute Gasteiger partial charge is 0.00150 e. The summed E-state index contributed by atoms with van der Waals surface area (Å²) in [7, 11) is 0. The third-order valence-electron chi connectivity index (χ3n) is 2.68. The lowest BCUT2D eigenvalue weighted by Gasteiger charge is -2.20. The molecule has 1 atom stereocenters. The van der Waals surface area contributed by atoms with Crippen LogP contribution >= 0.6 is 11.3 Å². The maximum atomic E-state index is 3.45. The summed E-state index contributed by atoms with van der Waals surface area (Å²) in [5.74, 6) is 1.53. The van der Waals surface area contributed by atoms with Crippen molar-refractivity contribution in [3.63, 3.8) is 0 Å². The fourth-order valence-corrected chi connectivity index (χ4v) is 2.27. The van der Waals surface area contributed by atoms with Gasteiger partial charge in [0.25, 0.3) is 0 Å². The Morgan fingerprint density at radius 3 is 2.71 bits per heavy atom. The predicted molar refractivity (Wildman–Crippen MR) is 64.9 cm³/mol. The van der Waals surface area contributed by atoms with Crippen LogP contribution in [0.25, 0.3) is 0 Å². The molecule has 0 aliphatic carbocycles. The first-order chi connectivity index (χ1) is 6.74. The van der Waals surface area contributed by atoms with Gasteiger partial charge >= 0.3 is 0 Å². The minimum Gasteiger partial charge on any atom is -0.317 e. The highest BCUT2D eigenvalue weighted by Gasteiger charge is 2.13. The van der Waals surface area contributed by atoms with Crippen molar-refractivity contribution in [2.45, 2.75) is 27.2 Å². The van der Waals surface area contributed by atoms with E-state index in [0.717, 1.165) is 24.9 Å². The minimum atomic E-state index is 0.758. The van der Waals surface area contributed by atoms with Gasteiger partial charge in [-0.2, -0.15) is 11.3 Å². The van der Waals surface area contributed by atoms with Crippen LogP contribution in [0.3, 0.4) is 0 Å². The molecule has 2 heteroatoms. The Kier molecular flexibility index (Phi) is 5.20. The second kappa shape index (κ2) is 6.20. The quantitative estimate of drug-likeness (QED) is 0.762. The first kappa shape index (κ1) is 11.7. The lowest BCUT2D eigenvalue weighted by Crippen LogP contribution is -2.27. The van der Waals surface area contributed by atoms with Gasteiger partial charge in [-0.15, -0.1) is 0 Å². The molecule has 1 unspecified atom stereocenters. The van der Waals surface area contributed by atoms with Crippen molar-refractivity contribution >= 4 is 11.3 Å². The topological polar surface area (TPSA) is 12.0 Å². The normalized spacial score (nSPS) is 13.4. The molecular formula is C12H21NS. The maximum absolute atomic E-state index is 3.45. The lowest BCUT2D eigenvalue weighted by molar-refractivity contribution is 0.364. The van der Waals surface area contributed by atoms with Crippen LogP contribution in [-0.4, -0.2) is 13.1 Å². The Bertz CT molecular complexity index is 228. The monoisotopic (exact) mass is 211 g/mol. The van der Waals surface area contributed by atoms with Crippen LogP contribution < -0.4 is 5.32 Å². The van der Waals surface area contributed by atoms with Crippen LogP contribution in [-0.2, 0) is 6.42 Å². The summed E-state index contributed by atoms with van der Waals surface area (Å²) in [6, 6.07) is 2.24. The second-order valence-corrected chi connectivity index (χ2v) is 4.93. The Hall–Kier alpha value is -0.340. The summed E-state index contributed by atoms with van der Waals surface area (Å²) in [5.41, 5.74) is 1.49. The van der Waals surface area contributed by atoms with E-state index in [2.05, 4.69) is 42.9 Å². The molecule has 1 aromatic rings. The minimum absolute atomic E-state index is 0.758. The molecule has 0 aliphatic rings. The van der Waals surface area contributed by atoms with Crippen molar-refractivity contribution in [1.82, 2.24) is 5.32 Å². The van der Waals surface area contributed by atoms with Gasteiger partial charge in [-0.1, -0.05) is 20.8 Å². The highest BCUT2D eigenvalue weighted by Crippen LogP contribution is 2.18. The summed E-state index contributed by atoms with van der Waals surface area (Å²) < 4.78 is 0. The maximum Gasteiger partial charge on any atom is -0.00150 e. The van der Waals surface area contributed by atoms with E-state index in [1.165, 1.54) is 12.0 Å². The number of hydrogen-bond donors (Lipinski definition) is 1. The molecule has 1 nitrogen and oxygen atoms in total. The fraction of sp³-hybridized carbons (Fsp3) is 0.667. The largest absolute Gasteiger partial charge is 0.317 e. The zero-order valence-electron chi connectivity index (χ0n) is 9.42. The summed E-state index contributed by atoms with van der Waals surface area (Å²) in [6.45, 7) is 9.02. The fourth-order valence-electron chi connectivity index (χ4n) is 1.58. The van der Waals surface area contributed by atoms with Crippen LogP contribution in [0.1, 0.15) is 26.3 Å². The van der Waals surface area contributed by atoms with Gasteiger partial charge in [0, 0.05) is 0 Å². The molecule has 0 aliphatic heterocycles. The summed E-state index contributed by atoms with van der Waals surface area (Å²) >= 11 is 1.80. The number of rotatable bonds is 6. The number of nitrogens with one attached hydrogen (secondary N) is 1. The van der Waals surface area contributed by atoms with Crippen LogP contribution in [0.4, 0.5) is 0 Å². The van der Waals surface area contributed by atoms with Gasteiger partial charge in [-0.05, 0) is 53.7 Å². The molecule has 0 radical (unpaired) electrons. The predicted octanol–water partition coefficient (Wildman–Crippen LogP) is 3.17. The van der Waals surface area contributed by atoms with E-state index < -0.39 is 0 Å². The van der Waals surface area contributed by atoms with Crippen LogP contribution in [0.5, 0.6) is 0 Å². The first-order valence-electron chi connectivity index (χ1n) is 5.45. The zero-order chi connectivity index (χ0) is 10.4. The molecule has 80 valence electrons. The summed E-state index contributed by atoms with van der Waals surface area (Å²) in [4.78, 5) is 0. The van der Waals surface area contributed by atoms with E-state index >= 15 is 0 Å². The Morgan fingerprint density at radius 2 is 2.21 bits per heavy atom. The second-order valence-electron chi connectivity index (χ2n) is 4.15. The average Bonchev–Trinajstić information content (AvgIpc) is 2.64. The highest BCUT2D eigenvalue weighted by atomic mass is 32.1. The molecule has 1 aromatic heterocycles. The summed E-state index contributed by atoms with van der Waals surface area (Å²) in [6.07, 6.45) is 1.22. The standard InChI is InChI=1S/C12H21NS/c1-4-13-8-12(10(2)3)7-11-5-6-14-9-11/h5-6,9-10,12-13H,4,7-8H2,1-3H3. The average molecular weight is 211 g/mol. The van der Waals surface area contributed by atoms with Gasteiger partial charge in [0.05, 0.1) is 0 Å². The molecule has 0 spiro atoms. The van der Waals surface area contributed by atoms with Gasteiger partial charge in [0.2, 0.25) is 0 Å². The molecular weight excluding hydrogens is 190 g/mol. The third-order valence-corrected chi connectivity index (χ3v) is 3.41. The van der Waals surface area contributed by atoms with E-state index in [9.17, 15) is 0 Å². The van der Waals surface area contributed by atoms with E-state index in [0.29, 0.717) is 0 Å². The Balaban J connectivity index is 2.43. The van der Waals surface area contributed by atoms with Crippen LogP contribution in [0, 0.1) is 11.8 Å². The molecule has 0 bridgehead atoms. The molecule has 0 saturated heterocycles. The van der Waals surface area contributed by atoms with E-state index in [-0.39, 0.29) is 0 Å². The summed E-state index contributed by atoms with van der Waals surface area (Å²) in [5, 5.41) is 7.88. The lowest BCUT2D eigenvalue weighted by atomic mass is 9.90. The van der Waals surface area contributed by atoms with Crippen molar-refractivity contribution in [1.29, 1.82) is 0 Å². The van der Waals surface area contributed by atoms with Gasteiger partial charge < -0.3 is 5.32 Å². The molecule has 0 fully saturated rings. The van der Waals surface area contributed by atoms with Crippen LogP contribution in [0.15, 0.2) is 16.8 Å². The Morgan fingerprint density at radius 1 is 1.43 bits per heavy atom. The number of thiophene rings is 1. The van der Waals surface area contributed by atoms with Gasteiger partial charge in [-0.25, -0.2) is 0 Å². The van der Waals surface area contributed by atoms with Gasteiger partial charge in [0.1, 0.15) is 0 Å². The van der Waals surface area contributed by atoms with Crippen molar-refractivity contribution < 1.29 is 0 Å². The zero-order valence-corrected chi connectivity index (χ0v) is 10.2. The SMILES string of the molecule is CCNCC(Cc1ccsc1)C(C)C. The molecule has 1 N–H and O–H groups in total. The molecule has 0 saturated carbocycles. The first-order valence-corrected chi connectivity index (χ1v) is 6.40. The molecule has 1 rings (SSSR count). The van der Waals surface area contributed by atoms with Crippen molar-refractivity contribution in [2.24, 2.45) is 11.8 Å².